The number of carbonyl (C=O) groups excluding carboxylic acids is 1. The zero-order valence-electron chi connectivity index (χ0n) is 24.3. The fourth-order valence-electron chi connectivity index (χ4n) is 4.49. The van der Waals surface area contributed by atoms with Crippen LogP contribution in [0.15, 0.2) is 24.3 Å². The summed E-state index contributed by atoms with van der Waals surface area (Å²) in [6.45, 7) is 4.55. The third-order valence-electron chi connectivity index (χ3n) is 6.77. The molecule has 0 unspecified atom stereocenters. The van der Waals surface area contributed by atoms with Crippen LogP contribution < -0.4 is 4.74 Å². The molecule has 1 aromatic carbocycles. The number of esters is 1. The van der Waals surface area contributed by atoms with E-state index in [4.69, 9.17) is 9.47 Å². The number of hydrogen-bond donors (Lipinski definition) is 0. The number of ether oxygens (including phenoxy) is 2. The van der Waals surface area contributed by atoms with Crippen molar-refractivity contribution >= 4 is 5.97 Å². The van der Waals surface area contributed by atoms with Gasteiger partial charge in [-0.1, -0.05) is 115 Å². The van der Waals surface area contributed by atoms with Crippen LogP contribution in [-0.2, 0) is 16.0 Å². The fourth-order valence-corrected chi connectivity index (χ4v) is 4.49. The molecule has 1 rings (SSSR count). The summed E-state index contributed by atoms with van der Waals surface area (Å²) in [5, 5.41) is 0. The van der Waals surface area contributed by atoms with E-state index < -0.39 is 0 Å². The van der Waals surface area contributed by atoms with Gasteiger partial charge in [-0.25, -0.2) is 0 Å². The van der Waals surface area contributed by atoms with Gasteiger partial charge in [0.1, 0.15) is 5.75 Å². The smallest absolute Gasteiger partial charge is 0.310 e. The molecule has 0 bridgehead atoms. The summed E-state index contributed by atoms with van der Waals surface area (Å²) < 4.78 is 12.1. The maximum absolute atomic E-state index is 12.0. The first-order valence-electron chi connectivity index (χ1n) is 15.1. The Balaban J connectivity index is 1.91. The van der Waals surface area contributed by atoms with Crippen LogP contribution in [0.4, 0.5) is 0 Å². The van der Waals surface area contributed by atoms with Crippen molar-refractivity contribution in [3.05, 3.63) is 29.8 Å². The van der Waals surface area contributed by atoms with Crippen LogP contribution in [-0.4, -0.2) is 51.4 Å². The first-order valence-corrected chi connectivity index (χ1v) is 15.1. The van der Waals surface area contributed by atoms with Gasteiger partial charge in [-0.2, -0.15) is 0 Å². The van der Waals surface area contributed by atoms with E-state index in [0.29, 0.717) is 13.0 Å². The second-order valence-corrected chi connectivity index (χ2v) is 11.6. The molecular weight excluding hydrogens is 446 g/mol. The standard InChI is InChI=1S/C32H58NO3/c1-5-6-7-8-9-10-11-12-13-14-15-16-17-18-19-20-27-35-31-24-22-30(23-25-31)29-32(34)36-28-21-26-33(2,3)4/h22-25H,5-21,26-29H2,1-4H3/q+1. The molecule has 36 heavy (non-hydrogen) atoms. The maximum Gasteiger partial charge on any atom is 0.310 e. The molecular formula is C32H58NO3+. The van der Waals surface area contributed by atoms with Gasteiger partial charge in [0.2, 0.25) is 0 Å². The Morgan fingerprint density at radius 3 is 1.58 bits per heavy atom. The molecule has 0 aliphatic rings. The van der Waals surface area contributed by atoms with Gasteiger partial charge in [0.15, 0.2) is 0 Å². The molecule has 0 aliphatic heterocycles. The minimum Gasteiger partial charge on any atom is -0.494 e. The summed E-state index contributed by atoms with van der Waals surface area (Å²) in [4.78, 5) is 12.0. The Kier molecular flexibility index (Phi) is 19.4. The normalized spacial score (nSPS) is 11.6. The number of rotatable bonds is 24. The number of nitrogens with zero attached hydrogens (tertiary/aromatic N) is 1. The van der Waals surface area contributed by atoms with Crippen LogP contribution in [0.5, 0.6) is 5.75 Å². The quantitative estimate of drug-likeness (QED) is 0.0804. The zero-order valence-corrected chi connectivity index (χ0v) is 24.3. The fraction of sp³-hybridized carbons (Fsp3) is 0.781. The SMILES string of the molecule is CCCCCCCCCCCCCCCCCCOc1ccc(CC(=O)OCCC[N+](C)(C)C)cc1. The second-order valence-electron chi connectivity index (χ2n) is 11.6. The minimum atomic E-state index is -0.154. The molecule has 208 valence electrons. The van der Waals surface area contributed by atoms with Gasteiger partial charge in [-0.3, -0.25) is 4.79 Å². The molecule has 0 amide bonds. The van der Waals surface area contributed by atoms with E-state index >= 15 is 0 Å². The summed E-state index contributed by atoms with van der Waals surface area (Å²) in [5.74, 6) is 0.731. The second kappa shape index (κ2) is 21.5. The maximum atomic E-state index is 12.0. The van der Waals surface area contributed by atoms with Gasteiger partial charge in [-0.05, 0) is 24.1 Å². The Bertz CT molecular complexity index is 636. The van der Waals surface area contributed by atoms with Crippen molar-refractivity contribution in [3.8, 4) is 5.75 Å². The van der Waals surface area contributed by atoms with E-state index in [9.17, 15) is 4.79 Å². The average Bonchev–Trinajstić information content (AvgIpc) is 2.84. The molecule has 0 aliphatic carbocycles. The number of hydrogen-bond acceptors (Lipinski definition) is 3. The molecule has 4 nitrogen and oxygen atoms in total. The summed E-state index contributed by atoms with van der Waals surface area (Å²) >= 11 is 0. The molecule has 1 aromatic rings. The molecule has 0 spiro atoms. The predicted octanol–water partition coefficient (Wildman–Crippen LogP) is 8.51. The van der Waals surface area contributed by atoms with E-state index in [1.807, 2.05) is 24.3 Å². The summed E-state index contributed by atoms with van der Waals surface area (Å²) in [5.41, 5.74) is 0.973. The topological polar surface area (TPSA) is 35.5 Å². The Morgan fingerprint density at radius 1 is 0.639 bits per heavy atom. The third kappa shape index (κ3) is 20.6. The number of carbonyl (C=O) groups is 1. The lowest BCUT2D eigenvalue weighted by atomic mass is 10.0. The van der Waals surface area contributed by atoms with E-state index in [2.05, 4.69) is 28.1 Å². The van der Waals surface area contributed by atoms with Crippen molar-refractivity contribution in [2.75, 3.05) is 40.9 Å². The van der Waals surface area contributed by atoms with Crippen LogP contribution in [0.3, 0.4) is 0 Å². The van der Waals surface area contributed by atoms with Crippen LogP contribution in [0.25, 0.3) is 0 Å². The first kappa shape index (κ1) is 32.5. The highest BCUT2D eigenvalue weighted by Crippen LogP contribution is 2.16. The number of benzene rings is 1. The van der Waals surface area contributed by atoms with Gasteiger partial charge < -0.3 is 14.0 Å². The largest absolute Gasteiger partial charge is 0.494 e. The summed E-state index contributed by atoms with van der Waals surface area (Å²) in [7, 11) is 6.43. The van der Waals surface area contributed by atoms with E-state index in [0.717, 1.165) is 41.8 Å². The van der Waals surface area contributed by atoms with Crippen LogP contribution >= 0.6 is 0 Å². The monoisotopic (exact) mass is 504 g/mol. The molecule has 0 saturated heterocycles. The van der Waals surface area contributed by atoms with Crippen LogP contribution in [0.2, 0.25) is 0 Å². The summed E-state index contributed by atoms with van der Waals surface area (Å²) in [6.07, 6.45) is 23.3. The van der Waals surface area contributed by atoms with Crippen molar-refractivity contribution in [3.63, 3.8) is 0 Å². The molecule has 0 radical (unpaired) electrons. The number of unbranched alkanes of at least 4 members (excludes halogenated alkanes) is 15. The third-order valence-corrected chi connectivity index (χ3v) is 6.77. The van der Waals surface area contributed by atoms with Gasteiger partial charge >= 0.3 is 5.97 Å². The highest BCUT2D eigenvalue weighted by Gasteiger charge is 2.09. The minimum absolute atomic E-state index is 0.154. The van der Waals surface area contributed by atoms with Crippen molar-refractivity contribution in [1.82, 2.24) is 0 Å². The van der Waals surface area contributed by atoms with Crippen LogP contribution in [0.1, 0.15) is 122 Å². The summed E-state index contributed by atoms with van der Waals surface area (Å²) in [6, 6.07) is 7.87. The lowest BCUT2D eigenvalue weighted by Crippen LogP contribution is -2.35. The lowest BCUT2D eigenvalue weighted by molar-refractivity contribution is -0.870. The molecule has 0 heterocycles. The Labute approximate surface area is 223 Å². The zero-order chi connectivity index (χ0) is 26.3. The first-order chi connectivity index (χ1) is 17.4. The van der Waals surface area contributed by atoms with Gasteiger partial charge in [0, 0.05) is 6.42 Å². The highest BCUT2D eigenvalue weighted by atomic mass is 16.5. The predicted molar refractivity (Wildman–Crippen MR) is 154 cm³/mol. The van der Waals surface area contributed by atoms with Crippen molar-refractivity contribution in [1.29, 1.82) is 0 Å². The lowest BCUT2D eigenvalue weighted by Gasteiger charge is -2.23. The highest BCUT2D eigenvalue weighted by molar-refractivity contribution is 5.72. The molecule has 0 fully saturated rings. The van der Waals surface area contributed by atoms with Crippen molar-refractivity contribution < 1.29 is 18.8 Å². The van der Waals surface area contributed by atoms with E-state index in [1.54, 1.807) is 0 Å². The van der Waals surface area contributed by atoms with Crippen molar-refractivity contribution in [2.45, 2.75) is 122 Å². The van der Waals surface area contributed by atoms with E-state index in [-0.39, 0.29) is 5.97 Å². The van der Waals surface area contributed by atoms with Gasteiger partial charge in [0.25, 0.3) is 0 Å². The van der Waals surface area contributed by atoms with Gasteiger partial charge in [0.05, 0.1) is 47.3 Å². The molecule has 0 aromatic heterocycles. The molecule has 0 saturated carbocycles. The van der Waals surface area contributed by atoms with Crippen LogP contribution in [0, 0.1) is 0 Å². The Hall–Kier alpha value is -1.55. The molecule has 0 N–H and O–H groups in total. The van der Waals surface area contributed by atoms with Gasteiger partial charge in [-0.15, -0.1) is 0 Å². The molecule has 0 atom stereocenters. The Morgan fingerprint density at radius 2 is 1.11 bits per heavy atom. The van der Waals surface area contributed by atoms with Crippen molar-refractivity contribution in [2.24, 2.45) is 0 Å². The average molecular weight is 505 g/mol. The molecule has 4 heteroatoms. The number of quaternary nitrogens is 1. The van der Waals surface area contributed by atoms with E-state index in [1.165, 1.54) is 96.3 Å².